The fourth-order valence-electron chi connectivity index (χ4n) is 2.63. The van der Waals surface area contributed by atoms with Gasteiger partial charge < -0.3 is 10.1 Å². The summed E-state index contributed by atoms with van der Waals surface area (Å²) in [6.45, 7) is 2.07. The number of anilines is 1. The van der Waals surface area contributed by atoms with Crippen molar-refractivity contribution in [3.8, 4) is 0 Å². The molecule has 2 heterocycles. The van der Waals surface area contributed by atoms with Gasteiger partial charge in [-0.25, -0.2) is 14.8 Å². The number of aromatic nitrogens is 3. The molecule has 6 nitrogen and oxygen atoms in total. The number of hydrogen-bond donors (Lipinski definition) is 1. The summed E-state index contributed by atoms with van der Waals surface area (Å²) in [7, 11) is 0. The van der Waals surface area contributed by atoms with Gasteiger partial charge in [0.15, 0.2) is 0 Å². The Labute approximate surface area is 129 Å². The lowest BCUT2D eigenvalue weighted by atomic mass is 9.92. The van der Waals surface area contributed by atoms with Crippen LogP contribution in [0.25, 0.3) is 0 Å². The summed E-state index contributed by atoms with van der Waals surface area (Å²) in [4.78, 5) is 24.3. The van der Waals surface area contributed by atoms with Crippen molar-refractivity contribution in [1.82, 2.24) is 15.0 Å². The first-order valence-corrected chi connectivity index (χ1v) is 7.45. The van der Waals surface area contributed by atoms with E-state index < -0.39 is 5.97 Å². The highest BCUT2D eigenvalue weighted by atomic mass is 16.5. The van der Waals surface area contributed by atoms with Gasteiger partial charge in [0.25, 0.3) is 0 Å². The summed E-state index contributed by atoms with van der Waals surface area (Å²) < 4.78 is 4.92. The molecule has 1 atom stereocenters. The third-order valence-corrected chi connectivity index (χ3v) is 3.65. The highest BCUT2D eigenvalue weighted by Crippen LogP contribution is 2.21. The zero-order valence-corrected chi connectivity index (χ0v) is 12.5. The van der Waals surface area contributed by atoms with Gasteiger partial charge in [-0.15, -0.1) is 0 Å². The van der Waals surface area contributed by atoms with Crippen LogP contribution >= 0.6 is 0 Å². The van der Waals surface area contributed by atoms with Gasteiger partial charge >= 0.3 is 5.97 Å². The van der Waals surface area contributed by atoms with Crippen LogP contribution in [-0.2, 0) is 17.6 Å². The zero-order chi connectivity index (χ0) is 15.4. The minimum atomic E-state index is -0.496. The Hall–Kier alpha value is -2.50. The van der Waals surface area contributed by atoms with Crippen molar-refractivity contribution in [2.24, 2.45) is 0 Å². The summed E-state index contributed by atoms with van der Waals surface area (Å²) in [6, 6.07) is 6.12. The maximum Gasteiger partial charge on any atom is 0.376 e. The molecule has 2 aromatic rings. The number of carbonyl (C=O) groups excluding carboxylic acids is 1. The third-order valence-electron chi connectivity index (χ3n) is 3.65. The van der Waals surface area contributed by atoms with E-state index in [1.54, 1.807) is 19.2 Å². The number of pyridine rings is 1. The smallest absolute Gasteiger partial charge is 0.376 e. The number of esters is 1. The number of rotatable bonds is 4. The van der Waals surface area contributed by atoms with Crippen molar-refractivity contribution in [2.45, 2.75) is 32.2 Å². The predicted molar refractivity (Wildman–Crippen MR) is 81.7 cm³/mol. The Morgan fingerprint density at radius 2 is 2.27 bits per heavy atom. The second-order valence-corrected chi connectivity index (χ2v) is 5.18. The molecule has 0 spiro atoms. The van der Waals surface area contributed by atoms with Crippen molar-refractivity contribution in [2.75, 3.05) is 11.9 Å². The number of ether oxygens (including phenoxy) is 1. The van der Waals surface area contributed by atoms with Crippen LogP contribution in [0.3, 0.4) is 0 Å². The Balaban J connectivity index is 1.69. The molecule has 114 valence electrons. The van der Waals surface area contributed by atoms with Gasteiger partial charge in [0, 0.05) is 24.1 Å². The molecule has 3 rings (SSSR count). The average molecular weight is 298 g/mol. The molecule has 0 radical (unpaired) electrons. The first kappa shape index (κ1) is 14.4. The summed E-state index contributed by atoms with van der Waals surface area (Å²) in [5.74, 6) is 0.240. The molecule has 0 amide bonds. The summed E-state index contributed by atoms with van der Waals surface area (Å²) in [6.07, 6.45) is 6.25. The molecule has 0 bridgehead atoms. The Morgan fingerprint density at radius 3 is 3.14 bits per heavy atom. The molecule has 1 aliphatic rings. The Bertz CT molecular complexity index is 675. The SMILES string of the molecule is CCOC(=O)c1nccc(NC2CCc3ncccc3C2)n1. The lowest BCUT2D eigenvalue weighted by Crippen LogP contribution is -2.28. The van der Waals surface area contributed by atoms with E-state index in [0.29, 0.717) is 12.4 Å². The fraction of sp³-hybridized carbons (Fsp3) is 0.375. The molecule has 0 fully saturated rings. The quantitative estimate of drug-likeness (QED) is 0.870. The lowest BCUT2D eigenvalue weighted by molar-refractivity contribution is 0.0512. The molecule has 1 aliphatic carbocycles. The molecule has 0 aromatic carbocycles. The lowest BCUT2D eigenvalue weighted by Gasteiger charge is -2.25. The van der Waals surface area contributed by atoms with E-state index in [1.807, 2.05) is 12.3 Å². The van der Waals surface area contributed by atoms with Gasteiger partial charge in [0.05, 0.1) is 6.61 Å². The molecule has 1 unspecified atom stereocenters. The van der Waals surface area contributed by atoms with Crippen LogP contribution in [0.2, 0.25) is 0 Å². The van der Waals surface area contributed by atoms with E-state index >= 15 is 0 Å². The normalized spacial score (nSPS) is 16.7. The first-order chi connectivity index (χ1) is 10.8. The standard InChI is InChI=1S/C16H18N4O2/c1-2-22-16(21)15-18-9-7-14(20-15)19-12-5-6-13-11(10-12)4-3-8-17-13/h3-4,7-9,12H,2,5-6,10H2,1H3,(H,18,19,20). The van der Waals surface area contributed by atoms with Gasteiger partial charge in [-0.3, -0.25) is 4.98 Å². The van der Waals surface area contributed by atoms with Crippen molar-refractivity contribution in [3.05, 3.63) is 47.7 Å². The number of nitrogens with zero attached hydrogens (tertiary/aromatic N) is 3. The zero-order valence-electron chi connectivity index (χ0n) is 12.5. The number of aryl methyl sites for hydroxylation is 1. The summed E-state index contributed by atoms with van der Waals surface area (Å²) >= 11 is 0. The maximum atomic E-state index is 11.7. The summed E-state index contributed by atoms with van der Waals surface area (Å²) in [5.41, 5.74) is 2.45. The molecule has 0 saturated heterocycles. The number of hydrogen-bond acceptors (Lipinski definition) is 6. The van der Waals surface area contributed by atoms with Crippen molar-refractivity contribution in [3.63, 3.8) is 0 Å². The monoisotopic (exact) mass is 298 g/mol. The molecule has 22 heavy (non-hydrogen) atoms. The average Bonchev–Trinajstić information content (AvgIpc) is 2.55. The molecular weight excluding hydrogens is 280 g/mol. The minimum absolute atomic E-state index is 0.0877. The van der Waals surface area contributed by atoms with Crippen LogP contribution in [0.4, 0.5) is 5.82 Å². The van der Waals surface area contributed by atoms with Gasteiger partial charge in [-0.2, -0.15) is 0 Å². The molecular formula is C16H18N4O2. The van der Waals surface area contributed by atoms with E-state index in [-0.39, 0.29) is 11.9 Å². The van der Waals surface area contributed by atoms with E-state index in [1.165, 1.54) is 11.3 Å². The van der Waals surface area contributed by atoms with Crippen molar-refractivity contribution in [1.29, 1.82) is 0 Å². The fourth-order valence-corrected chi connectivity index (χ4v) is 2.63. The maximum absolute atomic E-state index is 11.7. The van der Waals surface area contributed by atoms with Gasteiger partial charge in [-0.05, 0) is 43.9 Å². The van der Waals surface area contributed by atoms with Gasteiger partial charge in [0.2, 0.25) is 5.82 Å². The third kappa shape index (κ3) is 3.21. The first-order valence-electron chi connectivity index (χ1n) is 7.45. The number of nitrogens with one attached hydrogen (secondary N) is 1. The van der Waals surface area contributed by atoms with E-state index in [4.69, 9.17) is 4.74 Å². The van der Waals surface area contributed by atoms with Crippen LogP contribution < -0.4 is 5.32 Å². The van der Waals surface area contributed by atoms with Crippen LogP contribution in [0.5, 0.6) is 0 Å². The highest BCUT2D eigenvalue weighted by molar-refractivity contribution is 5.85. The molecule has 1 N–H and O–H groups in total. The van der Waals surface area contributed by atoms with E-state index in [0.717, 1.165) is 19.3 Å². The van der Waals surface area contributed by atoms with Crippen molar-refractivity contribution >= 4 is 11.8 Å². The molecule has 2 aromatic heterocycles. The van der Waals surface area contributed by atoms with Gasteiger partial charge in [-0.1, -0.05) is 6.07 Å². The molecule has 6 heteroatoms. The Kier molecular flexibility index (Phi) is 4.27. The number of fused-ring (bicyclic) bond motifs is 1. The summed E-state index contributed by atoms with van der Waals surface area (Å²) in [5, 5.41) is 3.37. The molecule has 0 aliphatic heterocycles. The predicted octanol–water partition coefficient (Wildman–Crippen LogP) is 2.02. The molecule has 0 saturated carbocycles. The van der Waals surface area contributed by atoms with Crippen LogP contribution in [0.15, 0.2) is 30.6 Å². The number of carbonyl (C=O) groups is 1. The van der Waals surface area contributed by atoms with E-state index in [2.05, 4.69) is 26.3 Å². The second-order valence-electron chi connectivity index (χ2n) is 5.18. The minimum Gasteiger partial charge on any atom is -0.460 e. The van der Waals surface area contributed by atoms with Crippen LogP contribution in [0.1, 0.15) is 35.2 Å². The van der Waals surface area contributed by atoms with Crippen molar-refractivity contribution < 1.29 is 9.53 Å². The highest BCUT2D eigenvalue weighted by Gasteiger charge is 2.20. The largest absolute Gasteiger partial charge is 0.460 e. The van der Waals surface area contributed by atoms with E-state index in [9.17, 15) is 4.79 Å². The second kappa shape index (κ2) is 6.51. The van der Waals surface area contributed by atoms with Gasteiger partial charge in [0.1, 0.15) is 5.82 Å². The van der Waals surface area contributed by atoms with Crippen LogP contribution in [-0.4, -0.2) is 33.6 Å². The van der Waals surface area contributed by atoms with Crippen LogP contribution in [0, 0.1) is 0 Å². The Morgan fingerprint density at radius 1 is 1.36 bits per heavy atom. The topological polar surface area (TPSA) is 77.0 Å².